The molecule has 2 saturated heterocycles. The Morgan fingerprint density at radius 2 is 1.93 bits per heavy atom. The van der Waals surface area contributed by atoms with Gasteiger partial charge in [0, 0.05) is 25.0 Å². The van der Waals surface area contributed by atoms with Crippen molar-refractivity contribution in [2.75, 3.05) is 39.3 Å². The molecule has 3 aliphatic heterocycles. The number of fused-ring (bicyclic) bond motifs is 3. The molecule has 1 aromatic carbocycles. The Balaban J connectivity index is 1.27. The van der Waals surface area contributed by atoms with Crippen molar-refractivity contribution in [2.24, 2.45) is 0 Å². The van der Waals surface area contributed by atoms with Gasteiger partial charge in [0.2, 0.25) is 0 Å². The molecule has 0 N–H and O–H groups in total. The molecule has 0 radical (unpaired) electrons. The summed E-state index contributed by atoms with van der Waals surface area (Å²) in [6.45, 7) is 6.98. The first kappa shape index (κ1) is 18.7. The van der Waals surface area contributed by atoms with Gasteiger partial charge in [-0.05, 0) is 97.4 Å². The highest BCUT2D eigenvalue weighted by Crippen LogP contribution is 2.45. The fraction of sp³-hybridized carbons (Fsp3) is 0.583. The third-order valence-corrected chi connectivity index (χ3v) is 7.56. The van der Waals surface area contributed by atoms with Crippen LogP contribution in [0, 0.1) is 0 Å². The second-order valence-corrected chi connectivity index (χ2v) is 9.44. The standard InChI is InChI=1S/C24H32N2OS/c1-2-10-25(11-3-1)12-5-14-27-20-7-8-21-22(16-20)24-6-4-13-26(24)17-23(21)19-9-15-28-18-19/h7-9,15-16,18,23-24H,1-6,10-14,17H2/t23-,24-/m1/s1. The van der Waals surface area contributed by atoms with E-state index in [0.717, 1.165) is 18.8 Å². The van der Waals surface area contributed by atoms with Gasteiger partial charge in [-0.2, -0.15) is 11.3 Å². The molecule has 0 unspecified atom stereocenters. The average Bonchev–Trinajstić information content (AvgIpc) is 3.43. The van der Waals surface area contributed by atoms with E-state index in [4.69, 9.17) is 4.74 Å². The van der Waals surface area contributed by atoms with E-state index in [-0.39, 0.29) is 0 Å². The van der Waals surface area contributed by atoms with Crippen LogP contribution in [0.15, 0.2) is 35.0 Å². The molecular weight excluding hydrogens is 364 g/mol. The van der Waals surface area contributed by atoms with Gasteiger partial charge in [-0.3, -0.25) is 4.90 Å². The zero-order valence-corrected chi connectivity index (χ0v) is 17.6. The third kappa shape index (κ3) is 3.87. The van der Waals surface area contributed by atoms with Crippen LogP contribution < -0.4 is 4.74 Å². The van der Waals surface area contributed by atoms with Crippen LogP contribution >= 0.6 is 11.3 Å². The maximum Gasteiger partial charge on any atom is 0.119 e. The Morgan fingerprint density at radius 3 is 2.79 bits per heavy atom. The van der Waals surface area contributed by atoms with Crippen LogP contribution in [0.5, 0.6) is 5.75 Å². The van der Waals surface area contributed by atoms with Crippen molar-refractivity contribution < 1.29 is 4.74 Å². The summed E-state index contributed by atoms with van der Waals surface area (Å²) in [5.41, 5.74) is 4.53. The second-order valence-electron chi connectivity index (χ2n) is 8.66. The van der Waals surface area contributed by atoms with E-state index in [1.165, 1.54) is 81.5 Å². The third-order valence-electron chi connectivity index (χ3n) is 6.86. The van der Waals surface area contributed by atoms with E-state index in [0.29, 0.717) is 12.0 Å². The number of thiophene rings is 1. The van der Waals surface area contributed by atoms with Crippen molar-refractivity contribution in [3.05, 3.63) is 51.7 Å². The van der Waals surface area contributed by atoms with Gasteiger partial charge in [-0.25, -0.2) is 0 Å². The minimum absolute atomic E-state index is 0.517. The van der Waals surface area contributed by atoms with Gasteiger partial charge in [0.15, 0.2) is 0 Å². The van der Waals surface area contributed by atoms with Gasteiger partial charge in [-0.15, -0.1) is 0 Å². The van der Waals surface area contributed by atoms with Crippen LogP contribution in [0.25, 0.3) is 0 Å². The lowest BCUT2D eigenvalue weighted by Crippen LogP contribution is -2.34. The zero-order valence-electron chi connectivity index (χ0n) is 16.8. The van der Waals surface area contributed by atoms with Crippen LogP contribution in [-0.2, 0) is 0 Å². The van der Waals surface area contributed by atoms with Crippen LogP contribution in [0.2, 0.25) is 0 Å². The summed E-state index contributed by atoms with van der Waals surface area (Å²) in [6.07, 6.45) is 7.89. The highest BCUT2D eigenvalue weighted by atomic mass is 32.1. The lowest BCUT2D eigenvalue weighted by Gasteiger charge is -2.37. The summed E-state index contributed by atoms with van der Waals surface area (Å²) < 4.78 is 6.19. The van der Waals surface area contributed by atoms with Crippen molar-refractivity contribution in [2.45, 2.75) is 50.5 Å². The molecule has 3 nitrogen and oxygen atoms in total. The van der Waals surface area contributed by atoms with Crippen LogP contribution in [-0.4, -0.2) is 49.1 Å². The van der Waals surface area contributed by atoms with E-state index in [2.05, 4.69) is 44.8 Å². The topological polar surface area (TPSA) is 15.7 Å². The predicted octanol–water partition coefficient (Wildman–Crippen LogP) is 5.29. The number of benzene rings is 1. The first-order chi connectivity index (χ1) is 13.9. The molecule has 4 heterocycles. The highest BCUT2D eigenvalue weighted by molar-refractivity contribution is 7.08. The second kappa shape index (κ2) is 8.56. The summed E-state index contributed by atoms with van der Waals surface area (Å²) in [6, 6.07) is 9.83. The van der Waals surface area contributed by atoms with Crippen LogP contribution in [0.4, 0.5) is 0 Å². The quantitative estimate of drug-likeness (QED) is 0.618. The minimum atomic E-state index is 0.517. The van der Waals surface area contributed by atoms with Crippen molar-refractivity contribution in [3.8, 4) is 5.75 Å². The fourth-order valence-corrected chi connectivity index (χ4v) is 6.11. The molecular formula is C24H32N2OS. The molecule has 0 saturated carbocycles. The van der Waals surface area contributed by atoms with Gasteiger partial charge in [-0.1, -0.05) is 12.5 Å². The summed E-state index contributed by atoms with van der Waals surface area (Å²) in [5.74, 6) is 1.58. The number of likely N-dealkylation sites (tertiary alicyclic amines) is 1. The Kier molecular flexibility index (Phi) is 5.70. The van der Waals surface area contributed by atoms with Gasteiger partial charge < -0.3 is 9.64 Å². The molecule has 0 amide bonds. The molecule has 150 valence electrons. The summed E-state index contributed by atoms with van der Waals surface area (Å²) in [4.78, 5) is 5.30. The SMILES string of the molecule is c1cc([C@H]2CN3CCC[C@@H]3c3cc(OCCCN4CCCCC4)ccc32)cs1. The molecule has 3 aliphatic rings. The largest absolute Gasteiger partial charge is 0.494 e. The maximum absolute atomic E-state index is 6.19. The molecule has 2 aromatic rings. The lowest BCUT2D eigenvalue weighted by atomic mass is 9.82. The summed E-state index contributed by atoms with van der Waals surface area (Å²) in [7, 11) is 0. The van der Waals surface area contributed by atoms with Gasteiger partial charge in [0.25, 0.3) is 0 Å². The van der Waals surface area contributed by atoms with Crippen LogP contribution in [0.3, 0.4) is 0 Å². The van der Waals surface area contributed by atoms with Crippen molar-refractivity contribution in [1.82, 2.24) is 9.80 Å². The predicted molar refractivity (Wildman–Crippen MR) is 117 cm³/mol. The van der Waals surface area contributed by atoms with Gasteiger partial charge in [0.05, 0.1) is 6.61 Å². The minimum Gasteiger partial charge on any atom is -0.494 e. The Hall–Kier alpha value is -1.36. The molecule has 2 atom stereocenters. The molecule has 4 heteroatoms. The van der Waals surface area contributed by atoms with E-state index >= 15 is 0 Å². The summed E-state index contributed by atoms with van der Waals surface area (Å²) >= 11 is 1.81. The van der Waals surface area contributed by atoms with Gasteiger partial charge >= 0.3 is 0 Å². The van der Waals surface area contributed by atoms with E-state index in [9.17, 15) is 0 Å². The maximum atomic E-state index is 6.19. The van der Waals surface area contributed by atoms with E-state index in [1.54, 1.807) is 0 Å². The molecule has 0 aliphatic carbocycles. The van der Waals surface area contributed by atoms with Crippen molar-refractivity contribution in [3.63, 3.8) is 0 Å². The molecule has 5 rings (SSSR count). The molecule has 28 heavy (non-hydrogen) atoms. The Bertz CT molecular complexity index is 769. The number of rotatable bonds is 6. The number of hydrogen-bond acceptors (Lipinski definition) is 4. The normalized spacial score (nSPS) is 25.4. The van der Waals surface area contributed by atoms with E-state index in [1.807, 2.05) is 11.3 Å². The Morgan fingerprint density at radius 1 is 1.00 bits per heavy atom. The monoisotopic (exact) mass is 396 g/mol. The fourth-order valence-electron chi connectivity index (χ4n) is 5.40. The Labute approximate surface area is 173 Å². The molecule has 1 aromatic heterocycles. The zero-order chi connectivity index (χ0) is 18.8. The van der Waals surface area contributed by atoms with Gasteiger partial charge in [0.1, 0.15) is 5.75 Å². The lowest BCUT2D eigenvalue weighted by molar-refractivity contribution is 0.204. The first-order valence-corrected chi connectivity index (χ1v) is 12.1. The van der Waals surface area contributed by atoms with E-state index < -0.39 is 0 Å². The van der Waals surface area contributed by atoms with Crippen molar-refractivity contribution >= 4 is 11.3 Å². The molecule has 2 fully saturated rings. The number of ether oxygens (including phenoxy) is 1. The first-order valence-electron chi connectivity index (χ1n) is 11.1. The van der Waals surface area contributed by atoms with Crippen molar-refractivity contribution in [1.29, 1.82) is 0 Å². The van der Waals surface area contributed by atoms with Crippen LogP contribution in [0.1, 0.15) is 67.2 Å². The molecule has 0 spiro atoms. The average molecular weight is 397 g/mol. The highest BCUT2D eigenvalue weighted by Gasteiger charge is 2.36. The molecule has 0 bridgehead atoms. The number of nitrogens with zero attached hydrogens (tertiary/aromatic N) is 2. The number of hydrogen-bond donors (Lipinski definition) is 0. The summed E-state index contributed by atoms with van der Waals surface area (Å²) in [5, 5.41) is 4.54. The smallest absolute Gasteiger partial charge is 0.119 e. The number of piperidine rings is 1.